The second-order valence-electron chi connectivity index (χ2n) is 6.38. The van der Waals surface area contributed by atoms with Crippen molar-refractivity contribution in [1.82, 2.24) is 8.68 Å². The Morgan fingerprint density at radius 1 is 1.10 bits per heavy atom. The molecule has 0 saturated carbocycles. The van der Waals surface area contributed by atoms with Crippen LogP contribution in [0.2, 0.25) is 0 Å². The normalized spacial score (nSPS) is 11.4. The van der Waals surface area contributed by atoms with Gasteiger partial charge < -0.3 is 10.1 Å². The average Bonchev–Trinajstić information content (AvgIpc) is 3.16. The molecule has 29 heavy (non-hydrogen) atoms. The van der Waals surface area contributed by atoms with E-state index in [0.29, 0.717) is 11.6 Å². The molecule has 9 heteroatoms. The van der Waals surface area contributed by atoms with Crippen LogP contribution in [0.1, 0.15) is 11.8 Å². The quantitative estimate of drug-likeness (QED) is 0.617. The van der Waals surface area contributed by atoms with Crippen molar-refractivity contribution >= 4 is 33.2 Å². The van der Waals surface area contributed by atoms with Crippen LogP contribution in [0.25, 0.3) is 11.1 Å². The van der Waals surface area contributed by atoms with Gasteiger partial charge in [0.05, 0.1) is 12.0 Å². The Hall–Kier alpha value is -2.75. The molecule has 1 aromatic heterocycles. The van der Waals surface area contributed by atoms with Crippen LogP contribution < -0.4 is 10.1 Å². The first-order chi connectivity index (χ1) is 13.8. The molecule has 0 unspecified atom stereocenters. The van der Waals surface area contributed by atoms with Crippen LogP contribution in [0.15, 0.2) is 59.5 Å². The number of hydrogen-bond donors (Lipinski definition) is 1. The Labute approximate surface area is 174 Å². The largest absolute Gasteiger partial charge is 0.480 e. The van der Waals surface area contributed by atoms with Gasteiger partial charge in [-0.25, -0.2) is 8.42 Å². The maximum atomic E-state index is 12.8. The van der Waals surface area contributed by atoms with Gasteiger partial charge in [-0.2, -0.15) is 8.68 Å². The minimum atomic E-state index is -3.63. The van der Waals surface area contributed by atoms with E-state index >= 15 is 0 Å². The Morgan fingerprint density at radius 3 is 2.21 bits per heavy atom. The van der Waals surface area contributed by atoms with Gasteiger partial charge in [0.1, 0.15) is 0 Å². The van der Waals surface area contributed by atoms with E-state index in [1.165, 1.54) is 36.9 Å². The molecule has 1 amide bonds. The summed E-state index contributed by atoms with van der Waals surface area (Å²) >= 11 is 1.21. The highest BCUT2D eigenvalue weighted by atomic mass is 32.2. The number of aromatic nitrogens is 1. The number of carbonyl (C=O) groups excluding carboxylic acids is 1. The number of amides is 1. The van der Waals surface area contributed by atoms with Gasteiger partial charge in [-0.05, 0) is 46.9 Å². The van der Waals surface area contributed by atoms with Crippen molar-refractivity contribution in [1.29, 1.82) is 0 Å². The van der Waals surface area contributed by atoms with Crippen molar-refractivity contribution in [2.45, 2.75) is 18.4 Å². The molecule has 1 heterocycles. The van der Waals surface area contributed by atoms with Crippen LogP contribution in [0.3, 0.4) is 0 Å². The van der Waals surface area contributed by atoms with Gasteiger partial charge in [-0.1, -0.05) is 24.3 Å². The molecule has 0 radical (unpaired) electrons. The van der Waals surface area contributed by atoms with Gasteiger partial charge in [0.25, 0.3) is 0 Å². The number of rotatable bonds is 7. The molecule has 0 fully saturated rings. The van der Waals surface area contributed by atoms with Crippen LogP contribution in [0.5, 0.6) is 5.88 Å². The molecule has 0 saturated heterocycles. The summed E-state index contributed by atoms with van der Waals surface area (Å²) in [6.45, 7) is 1.67. The van der Waals surface area contributed by atoms with E-state index in [0.717, 1.165) is 16.0 Å². The number of sulfonamides is 1. The lowest BCUT2D eigenvalue weighted by Gasteiger charge is -2.16. The Bertz CT molecular complexity index is 1090. The summed E-state index contributed by atoms with van der Waals surface area (Å²) in [5, 5.41) is 2.71. The SMILES string of the molecule is COc1cc(CN(C)S(=O)(=O)c2ccc(-c3ccc(NC(C)=O)cc3)cc2)sn1. The van der Waals surface area contributed by atoms with Gasteiger partial charge in [0.15, 0.2) is 0 Å². The third kappa shape index (κ3) is 5.00. The lowest BCUT2D eigenvalue weighted by atomic mass is 10.1. The summed E-state index contributed by atoms with van der Waals surface area (Å²) in [5.74, 6) is 0.345. The highest BCUT2D eigenvalue weighted by Crippen LogP contribution is 2.25. The maximum Gasteiger partial charge on any atom is 0.243 e. The predicted molar refractivity (Wildman–Crippen MR) is 114 cm³/mol. The van der Waals surface area contributed by atoms with E-state index < -0.39 is 10.0 Å². The third-order valence-electron chi connectivity index (χ3n) is 4.23. The average molecular weight is 432 g/mol. The first kappa shape index (κ1) is 21.0. The number of anilines is 1. The lowest BCUT2D eigenvalue weighted by Crippen LogP contribution is -2.26. The maximum absolute atomic E-state index is 12.8. The molecule has 0 atom stereocenters. The van der Waals surface area contributed by atoms with Crippen molar-refractivity contribution in [2.75, 3.05) is 19.5 Å². The summed E-state index contributed by atoms with van der Waals surface area (Å²) in [6.07, 6.45) is 0. The highest BCUT2D eigenvalue weighted by Gasteiger charge is 2.22. The van der Waals surface area contributed by atoms with Crippen LogP contribution >= 0.6 is 11.5 Å². The topological polar surface area (TPSA) is 88.6 Å². The molecule has 0 aliphatic carbocycles. The molecular weight excluding hydrogens is 410 g/mol. The number of carbonyl (C=O) groups is 1. The number of methoxy groups -OCH3 is 1. The first-order valence-electron chi connectivity index (χ1n) is 8.73. The van der Waals surface area contributed by atoms with E-state index in [1.807, 2.05) is 12.1 Å². The van der Waals surface area contributed by atoms with E-state index in [-0.39, 0.29) is 17.3 Å². The predicted octanol–water partition coefficient (Wildman–Crippen LogP) is 3.60. The van der Waals surface area contributed by atoms with Gasteiger partial charge >= 0.3 is 0 Å². The second-order valence-corrected chi connectivity index (χ2v) is 9.31. The Morgan fingerprint density at radius 2 is 1.69 bits per heavy atom. The second kappa shape index (κ2) is 8.73. The molecule has 0 aliphatic heterocycles. The molecule has 1 N–H and O–H groups in total. The highest BCUT2D eigenvalue weighted by molar-refractivity contribution is 7.89. The Balaban J connectivity index is 1.74. The molecule has 7 nitrogen and oxygen atoms in total. The summed E-state index contributed by atoms with van der Waals surface area (Å²) in [7, 11) is -0.570. The smallest absolute Gasteiger partial charge is 0.243 e. The number of benzene rings is 2. The fourth-order valence-electron chi connectivity index (χ4n) is 2.72. The van der Waals surface area contributed by atoms with Crippen molar-refractivity contribution in [3.05, 3.63) is 59.5 Å². The van der Waals surface area contributed by atoms with E-state index in [2.05, 4.69) is 9.69 Å². The van der Waals surface area contributed by atoms with Crippen molar-refractivity contribution in [3.63, 3.8) is 0 Å². The lowest BCUT2D eigenvalue weighted by molar-refractivity contribution is -0.114. The summed E-state index contributed by atoms with van der Waals surface area (Å²) in [6, 6.07) is 15.8. The Kier molecular flexibility index (Phi) is 6.31. The van der Waals surface area contributed by atoms with Gasteiger partial charge in [-0.15, -0.1) is 0 Å². The number of hydrogen-bond acceptors (Lipinski definition) is 6. The fraction of sp³-hybridized carbons (Fsp3) is 0.200. The monoisotopic (exact) mass is 431 g/mol. The van der Waals surface area contributed by atoms with E-state index in [1.54, 1.807) is 42.5 Å². The molecule has 3 aromatic rings. The molecule has 3 rings (SSSR count). The number of nitrogens with zero attached hydrogens (tertiary/aromatic N) is 2. The third-order valence-corrected chi connectivity index (χ3v) is 6.80. The molecule has 0 aliphatic rings. The zero-order valence-corrected chi connectivity index (χ0v) is 17.9. The van der Waals surface area contributed by atoms with Gasteiger partial charge in [0, 0.05) is 37.1 Å². The van der Waals surface area contributed by atoms with Crippen LogP contribution in [0, 0.1) is 0 Å². The minimum absolute atomic E-state index is 0.131. The fourth-order valence-corrected chi connectivity index (χ4v) is 4.69. The molecular formula is C20H21N3O4S2. The summed E-state index contributed by atoms with van der Waals surface area (Å²) < 4.78 is 36.1. The van der Waals surface area contributed by atoms with Gasteiger partial charge in [-0.3, -0.25) is 4.79 Å². The zero-order chi connectivity index (χ0) is 21.0. The van der Waals surface area contributed by atoms with E-state index in [9.17, 15) is 13.2 Å². The molecule has 2 aromatic carbocycles. The van der Waals surface area contributed by atoms with Gasteiger partial charge in [0.2, 0.25) is 21.8 Å². The van der Waals surface area contributed by atoms with Crippen molar-refractivity contribution < 1.29 is 17.9 Å². The van der Waals surface area contributed by atoms with Crippen molar-refractivity contribution in [3.8, 4) is 17.0 Å². The summed E-state index contributed by atoms with van der Waals surface area (Å²) in [5.41, 5.74) is 2.52. The summed E-state index contributed by atoms with van der Waals surface area (Å²) in [4.78, 5) is 12.1. The standard InChI is InChI=1S/C20H21N3O4S2/c1-14(24)21-17-8-4-15(5-9-17)16-6-10-19(11-7-16)29(25,26)23(2)13-18-12-20(27-3)22-28-18/h4-12H,13H2,1-3H3,(H,21,24). The first-order valence-corrected chi connectivity index (χ1v) is 10.9. The number of ether oxygens (including phenoxy) is 1. The van der Waals surface area contributed by atoms with Crippen LogP contribution in [-0.2, 0) is 21.4 Å². The zero-order valence-electron chi connectivity index (χ0n) is 16.2. The minimum Gasteiger partial charge on any atom is -0.480 e. The molecule has 152 valence electrons. The molecule has 0 spiro atoms. The van der Waals surface area contributed by atoms with Crippen molar-refractivity contribution in [2.24, 2.45) is 0 Å². The van der Waals surface area contributed by atoms with Crippen LogP contribution in [-0.4, -0.2) is 37.2 Å². The molecule has 0 bridgehead atoms. The number of nitrogens with one attached hydrogen (secondary N) is 1. The van der Waals surface area contributed by atoms with Crippen LogP contribution in [0.4, 0.5) is 5.69 Å². The van der Waals surface area contributed by atoms with E-state index in [4.69, 9.17) is 4.74 Å².